The fourth-order valence-electron chi connectivity index (χ4n) is 2.26. The number of amides is 1. The number of thioether (sulfide) groups is 1. The summed E-state index contributed by atoms with van der Waals surface area (Å²) in [6.45, 7) is 0. The summed E-state index contributed by atoms with van der Waals surface area (Å²) in [5.74, 6) is 4.86. The van der Waals surface area contributed by atoms with Crippen LogP contribution in [0.4, 0.5) is 0 Å². The number of nitrogens with zero attached hydrogens (tertiary/aromatic N) is 1. The number of benzene rings is 1. The van der Waals surface area contributed by atoms with E-state index in [1.165, 1.54) is 16.8 Å². The Kier molecular flexibility index (Phi) is 4.63. The van der Waals surface area contributed by atoms with Gasteiger partial charge in [-0.15, -0.1) is 11.8 Å². The highest BCUT2D eigenvalue weighted by atomic mass is 32.2. The zero-order chi connectivity index (χ0) is 13.7. The number of hydrogen-bond donors (Lipinski definition) is 2. The number of nitrogens with one attached hydrogen (secondary N) is 1. The lowest BCUT2D eigenvalue weighted by Gasteiger charge is -2.08. The second-order valence-electron chi connectivity index (χ2n) is 4.30. The first-order chi connectivity index (χ1) is 9.26. The van der Waals surface area contributed by atoms with Crippen molar-refractivity contribution in [2.75, 3.05) is 6.26 Å². The van der Waals surface area contributed by atoms with Gasteiger partial charge in [0.2, 0.25) is 0 Å². The van der Waals surface area contributed by atoms with Crippen molar-refractivity contribution < 1.29 is 4.79 Å². The molecule has 0 unspecified atom stereocenters. The van der Waals surface area contributed by atoms with Crippen molar-refractivity contribution in [2.24, 2.45) is 10.9 Å². The molecule has 0 heterocycles. The second-order valence-corrected chi connectivity index (χ2v) is 5.15. The van der Waals surface area contributed by atoms with E-state index in [4.69, 9.17) is 5.84 Å². The van der Waals surface area contributed by atoms with Crippen LogP contribution < -0.4 is 11.2 Å². The van der Waals surface area contributed by atoms with Crippen molar-refractivity contribution in [2.45, 2.75) is 24.2 Å². The smallest absolute Gasteiger partial charge is 0.252 e. The van der Waals surface area contributed by atoms with E-state index in [0.29, 0.717) is 0 Å². The Morgan fingerprint density at radius 3 is 3.05 bits per heavy atom. The molecular formula is C14H17N3OS. The second kappa shape index (κ2) is 6.43. The maximum absolute atomic E-state index is 11.9. The van der Waals surface area contributed by atoms with Gasteiger partial charge in [-0.3, -0.25) is 4.79 Å². The monoisotopic (exact) mass is 275 g/mol. The standard InChI is InChI=1S/C14H17N3OS/c1-19-13-7-3-4-10-8-11(5-2-6-12(10)13)14(18)16-9-17-15/h3-4,7-9H,2,5-6,15H2,1H3,(H,16,17,18). The number of hydrogen-bond acceptors (Lipinski definition) is 4. The molecule has 1 aromatic carbocycles. The highest BCUT2D eigenvalue weighted by molar-refractivity contribution is 7.98. The lowest BCUT2D eigenvalue weighted by atomic mass is 10.0. The van der Waals surface area contributed by atoms with Gasteiger partial charge < -0.3 is 11.2 Å². The van der Waals surface area contributed by atoms with Gasteiger partial charge in [0.15, 0.2) is 0 Å². The normalized spacial score (nSPS) is 14.7. The third-order valence-corrected chi connectivity index (χ3v) is 3.98. The number of rotatable bonds is 3. The van der Waals surface area contributed by atoms with Crippen LogP contribution >= 0.6 is 11.8 Å². The van der Waals surface area contributed by atoms with Gasteiger partial charge in [0.1, 0.15) is 6.34 Å². The first kappa shape index (κ1) is 13.7. The molecule has 0 spiro atoms. The highest BCUT2D eigenvalue weighted by Gasteiger charge is 2.15. The summed E-state index contributed by atoms with van der Waals surface area (Å²) >= 11 is 1.75. The van der Waals surface area contributed by atoms with E-state index < -0.39 is 0 Å². The molecule has 1 aliphatic carbocycles. The molecule has 2 rings (SSSR count). The maximum atomic E-state index is 11.9. The molecule has 3 N–H and O–H groups in total. The molecule has 100 valence electrons. The molecule has 1 amide bonds. The van der Waals surface area contributed by atoms with Crippen LogP contribution in [0.1, 0.15) is 24.0 Å². The zero-order valence-electron chi connectivity index (χ0n) is 10.8. The summed E-state index contributed by atoms with van der Waals surface area (Å²) < 4.78 is 0. The van der Waals surface area contributed by atoms with Gasteiger partial charge in [-0.1, -0.05) is 12.1 Å². The molecule has 0 aromatic heterocycles. The number of fused-ring (bicyclic) bond motifs is 1. The highest BCUT2D eigenvalue weighted by Crippen LogP contribution is 2.30. The van der Waals surface area contributed by atoms with Crippen LogP contribution in [0.15, 0.2) is 33.8 Å². The predicted molar refractivity (Wildman–Crippen MR) is 80.0 cm³/mol. The molecule has 0 saturated carbocycles. The average molecular weight is 275 g/mol. The van der Waals surface area contributed by atoms with E-state index in [1.54, 1.807) is 11.8 Å². The summed E-state index contributed by atoms with van der Waals surface area (Å²) in [6.07, 6.45) is 8.02. The summed E-state index contributed by atoms with van der Waals surface area (Å²) in [4.78, 5) is 13.2. The van der Waals surface area contributed by atoms with Crippen LogP contribution in [0.3, 0.4) is 0 Å². The van der Waals surface area contributed by atoms with E-state index in [2.05, 4.69) is 28.8 Å². The largest absolute Gasteiger partial charge is 0.322 e. The Morgan fingerprint density at radius 1 is 1.47 bits per heavy atom. The Labute approximate surface area is 117 Å². The van der Waals surface area contributed by atoms with Crippen LogP contribution in [-0.4, -0.2) is 18.5 Å². The fourth-order valence-corrected chi connectivity index (χ4v) is 2.94. The molecule has 0 bridgehead atoms. The van der Waals surface area contributed by atoms with Gasteiger partial charge in [-0.05, 0) is 48.8 Å². The van der Waals surface area contributed by atoms with E-state index in [1.807, 2.05) is 12.1 Å². The lowest BCUT2D eigenvalue weighted by Crippen LogP contribution is -2.23. The molecule has 0 aliphatic heterocycles. The zero-order valence-corrected chi connectivity index (χ0v) is 11.7. The molecule has 5 heteroatoms. The SMILES string of the molecule is CSc1cccc2c1CCCC(C(=O)NC=NN)=C2. The molecule has 0 fully saturated rings. The maximum Gasteiger partial charge on any atom is 0.252 e. The first-order valence-electron chi connectivity index (χ1n) is 6.15. The molecule has 4 nitrogen and oxygen atoms in total. The van der Waals surface area contributed by atoms with Gasteiger partial charge >= 0.3 is 0 Å². The van der Waals surface area contributed by atoms with Crippen LogP contribution in [0.25, 0.3) is 6.08 Å². The number of hydrazone groups is 1. The Hall–Kier alpha value is -1.75. The minimum absolute atomic E-state index is 0.128. The van der Waals surface area contributed by atoms with Crippen molar-refractivity contribution >= 4 is 30.1 Å². The van der Waals surface area contributed by atoms with Crippen LogP contribution in [0, 0.1) is 0 Å². The van der Waals surface area contributed by atoms with E-state index in [9.17, 15) is 4.79 Å². The Bertz CT molecular complexity index is 537. The van der Waals surface area contributed by atoms with Crippen LogP contribution in [-0.2, 0) is 11.2 Å². The van der Waals surface area contributed by atoms with Gasteiger partial charge in [0.25, 0.3) is 5.91 Å². The van der Waals surface area contributed by atoms with Crippen molar-refractivity contribution in [1.29, 1.82) is 0 Å². The Balaban J connectivity index is 2.33. The van der Waals surface area contributed by atoms with Gasteiger partial charge in [0.05, 0.1) is 0 Å². The van der Waals surface area contributed by atoms with Crippen molar-refractivity contribution in [3.05, 3.63) is 34.9 Å². The van der Waals surface area contributed by atoms with E-state index in [0.717, 1.165) is 30.4 Å². The average Bonchev–Trinajstić information content (AvgIpc) is 2.66. The van der Waals surface area contributed by atoms with Crippen molar-refractivity contribution in [3.8, 4) is 0 Å². The predicted octanol–water partition coefficient (Wildman–Crippen LogP) is 2.15. The van der Waals surface area contributed by atoms with Crippen LogP contribution in [0.2, 0.25) is 0 Å². The first-order valence-corrected chi connectivity index (χ1v) is 7.37. The summed E-state index contributed by atoms with van der Waals surface area (Å²) in [6, 6.07) is 6.22. The molecule has 0 atom stereocenters. The quantitative estimate of drug-likeness (QED) is 0.292. The van der Waals surface area contributed by atoms with Crippen molar-refractivity contribution in [1.82, 2.24) is 5.32 Å². The Morgan fingerprint density at radius 2 is 2.32 bits per heavy atom. The molecule has 1 aromatic rings. The molecular weight excluding hydrogens is 258 g/mol. The summed E-state index contributed by atoms with van der Waals surface area (Å²) in [5.41, 5.74) is 3.25. The minimum Gasteiger partial charge on any atom is -0.322 e. The summed E-state index contributed by atoms with van der Waals surface area (Å²) in [7, 11) is 0. The lowest BCUT2D eigenvalue weighted by molar-refractivity contribution is -0.116. The van der Waals surface area contributed by atoms with Crippen LogP contribution in [0.5, 0.6) is 0 Å². The summed E-state index contributed by atoms with van der Waals surface area (Å²) in [5, 5.41) is 5.84. The fraction of sp³-hybridized carbons (Fsp3) is 0.286. The molecule has 1 aliphatic rings. The molecule has 0 saturated heterocycles. The van der Waals surface area contributed by atoms with E-state index in [-0.39, 0.29) is 5.91 Å². The third-order valence-electron chi connectivity index (χ3n) is 3.15. The van der Waals surface area contributed by atoms with Gasteiger partial charge in [-0.2, -0.15) is 5.10 Å². The van der Waals surface area contributed by atoms with E-state index >= 15 is 0 Å². The van der Waals surface area contributed by atoms with Gasteiger partial charge in [-0.25, -0.2) is 0 Å². The number of carbonyl (C=O) groups is 1. The topological polar surface area (TPSA) is 67.5 Å². The van der Waals surface area contributed by atoms with Crippen molar-refractivity contribution in [3.63, 3.8) is 0 Å². The third kappa shape index (κ3) is 3.17. The number of carbonyl (C=O) groups excluding carboxylic acids is 1. The molecule has 0 radical (unpaired) electrons. The van der Waals surface area contributed by atoms with Gasteiger partial charge in [0, 0.05) is 10.5 Å². The number of nitrogens with two attached hydrogens (primary N) is 1. The molecule has 19 heavy (non-hydrogen) atoms. The minimum atomic E-state index is -0.128.